The van der Waals surface area contributed by atoms with Gasteiger partial charge in [-0.25, -0.2) is 0 Å². The van der Waals surface area contributed by atoms with Crippen LogP contribution in [0, 0.1) is 5.41 Å². The SMILES string of the molecule is COc1ccc(OCCNC(=O)C2(C)CC2(Cl)Cl)cc1. The molecule has 4 nitrogen and oxygen atoms in total. The van der Waals surface area contributed by atoms with Crippen LogP contribution in [0.15, 0.2) is 24.3 Å². The molecule has 1 aromatic carbocycles. The highest BCUT2D eigenvalue weighted by Gasteiger charge is 2.67. The molecule has 0 aliphatic heterocycles. The second kappa shape index (κ2) is 5.70. The Kier molecular flexibility index (Phi) is 4.35. The van der Waals surface area contributed by atoms with Gasteiger partial charge in [-0.3, -0.25) is 4.79 Å². The third kappa shape index (κ3) is 3.13. The zero-order valence-electron chi connectivity index (χ0n) is 11.4. The molecule has 1 aromatic rings. The molecule has 0 bridgehead atoms. The van der Waals surface area contributed by atoms with Gasteiger partial charge in [0.2, 0.25) is 5.91 Å². The number of benzene rings is 1. The number of rotatable bonds is 6. The maximum atomic E-state index is 11.9. The first kappa shape index (κ1) is 15.3. The molecule has 2 rings (SSSR count). The number of halogens is 2. The van der Waals surface area contributed by atoms with Crippen LogP contribution in [0.25, 0.3) is 0 Å². The first-order valence-corrected chi connectivity index (χ1v) is 7.08. The van der Waals surface area contributed by atoms with E-state index in [9.17, 15) is 4.79 Å². The van der Waals surface area contributed by atoms with E-state index in [1.54, 1.807) is 14.0 Å². The van der Waals surface area contributed by atoms with Crippen LogP contribution >= 0.6 is 23.2 Å². The molecular weight excluding hydrogens is 301 g/mol. The summed E-state index contributed by atoms with van der Waals surface area (Å²) in [5, 5.41) is 2.78. The van der Waals surface area contributed by atoms with Gasteiger partial charge < -0.3 is 14.8 Å². The van der Waals surface area contributed by atoms with Gasteiger partial charge in [0.15, 0.2) is 0 Å². The van der Waals surface area contributed by atoms with Crippen molar-refractivity contribution in [2.24, 2.45) is 5.41 Å². The molecule has 1 amide bonds. The normalized spacial score (nSPS) is 23.0. The summed E-state index contributed by atoms with van der Waals surface area (Å²) in [6.45, 7) is 2.54. The van der Waals surface area contributed by atoms with E-state index in [-0.39, 0.29) is 5.91 Å². The molecule has 1 N–H and O–H groups in total. The van der Waals surface area contributed by atoms with E-state index in [1.807, 2.05) is 24.3 Å². The quantitative estimate of drug-likeness (QED) is 0.648. The second-order valence-electron chi connectivity index (χ2n) is 4.99. The van der Waals surface area contributed by atoms with Crippen molar-refractivity contribution in [1.29, 1.82) is 0 Å². The Hall–Kier alpha value is -1.13. The highest BCUT2D eigenvalue weighted by Crippen LogP contribution is 2.63. The lowest BCUT2D eigenvalue weighted by atomic mass is 10.1. The van der Waals surface area contributed by atoms with E-state index in [1.165, 1.54) is 0 Å². The molecule has 0 radical (unpaired) electrons. The summed E-state index contributed by atoms with van der Waals surface area (Å²) < 4.78 is 9.62. The summed E-state index contributed by atoms with van der Waals surface area (Å²) in [5.41, 5.74) is -0.684. The summed E-state index contributed by atoms with van der Waals surface area (Å²) >= 11 is 11.9. The highest BCUT2D eigenvalue weighted by atomic mass is 35.5. The standard InChI is InChI=1S/C14H17Cl2NO3/c1-13(9-14(13,15)16)12(18)17-7-8-20-11-5-3-10(19-2)4-6-11/h3-6H,7-9H2,1-2H3,(H,17,18). The molecule has 1 fully saturated rings. The van der Waals surface area contributed by atoms with Crippen LogP contribution in [0.1, 0.15) is 13.3 Å². The third-order valence-corrected chi connectivity index (χ3v) is 4.58. The molecule has 110 valence electrons. The molecule has 0 spiro atoms. The van der Waals surface area contributed by atoms with Crippen LogP contribution in [0.3, 0.4) is 0 Å². The molecule has 0 heterocycles. The van der Waals surface area contributed by atoms with Gasteiger partial charge in [-0.2, -0.15) is 0 Å². The Morgan fingerprint density at radius 3 is 2.35 bits per heavy atom. The minimum atomic E-state index is -0.937. The van der Waals surface area contributed by atoms with Crippen molar-refractivity contribution in [3.05, 3.63) is 24.3 Å². The predicted octanol–water partition coefficient (Wildman–Crippen LogP) is 2.77. The van der Waals surface area contributed by atoms with E-state index in [2.05, 4.69) is 5.32 Å². The Morgan fingerprint density at radius 1 is 1.30 bits per heavy atom. The van der Waals surface area contributed by atoms with Crippen molar-refractivity contribution < 1.29 is 14.3 Å². The van der Waals surface area contributed by atoms with Crippen LogP contribution in [0.5, 0.6) is 11.5 Å². The minimum absolute atomic E-state index is 0.138. The highest BCUT2D eigenvalue weighted by molar-refractivity contribution is 6.53. The molecular formula is C14H17Cl2NO3. The van der Waals surface area contributed by atoms with Crippen LogP contribution in [-0.4, -0.2) is 30.5 Å². The van der Waals surface area contributed by atoms with Crippen molar-refractivity contribution in [1.82, 2.24) is 5.32 Å². The molecule has 1 atom stereocenters. The molecule has 0 aromatic heterocycles. The lowest BCUT2D eigenvalue weighted by Gasteiger charge is -2.13. The topological polar surface area (TPSA) is 47.6 Å². The number of hydrogen-bond acceptors (Lipinski definition) is 3. The average molecular weight is 318 g/mol. The smallest absolute Gasteiger partial charge is 0.229 e. The van der Waals surface area contributed by atoms with Crippen molar-refractivity contribution in [3.63, 3.8) is 0 Å². The van der Waals surface area contributed by atoms with Crippen LogP contribution in [0.4, 0.5) is 0 Å². The number of carbonyl (C=O) groups excluding carboxylic acids is 1. The second-order valence-corrected chi connectivity index (χ2v) is 6.48. The number of methoxy groups -OCH3 is 1. The average Bonchev–Trinajstić information content (AvgIpc) is 2.95. The number of amides is 1. The molecule has 6 heteroatoms. The zero-order valence-corrected chi connectivity index (χ0v) is 12.9. The fourth-order valence-corrected chi connectivity index (χ4v) is 2.55. The van der Waals surface area contributed by atoms with E-state index in [0.717, 1.165) is 11.5 Å². The molecule has 1 saturated carbocycles. The zero-order chi connectivity index (χ0) is 14.8. The Balaban J connectivity index is 1.70. The van der Waals surface area contributed by atoms with Crippen molar-refractivity contribution >= 4 is 29.1 Å². The number of hydrogen-bond donors (Lipinski definition) is 1. The van der Waals surface area contributed by atoms with Gasteiger partial charge in [0.25, 0.3) is 0 Å². The maximum absolute atomic E-state index is 11.9. The minimum Gasteiger partial charge on any atom is -0.497 e. The van der Waals surface area contributed by atoms with Gasteiger partial charge in [0, 0.05) is 0 Å². The van der Waals surface area contributed by atoms with E-state index < -0.39 is 9.75 Å². The monoisotopic (exact) mass is 317 g/mol. The Morgan fingerprint density at radius 2 is 1.85 bits per heavy atom. The van der Waals surface area contributed by atoms with Gasteiger partial charge in [-0.05, 0) is 37.6 Å². The largest absolute Gasteiger partial charge is 0.497 e. The van der Waals surface area contributed by atoms with Crippen LogP contribution in [0.2, 0.25) is 0 Å². The summed E-state index contributed by atoms with van der Waals surface area (Å²) in [4.78, 5) is 11.9. The summed E-state index contributed by atoms with van der Waals surface area (Å²) in [7, 11) is 1.61. The van der Waals surface area contributed by atoms with Gasteiger partial charge in [-0.1, -0.05) is 0 Å². The third-order valence-electron chi connectivity index (χ3n) is 3.47. The van der Waals surface area contributed by atoms with Crippen molar-refractivity contribution in [2.75, 3.05) is 20.3 Å². The van der Waals surface area contributed by atoms with Crippen LogP contribution in [-0.2, 0) is 4.79 Å². The van der Waals surface area contributed by atoms with Crippen molar-refractivity contribution in [2.45, 2.75) is 17.7 Å². The van der Waals surface area contributed by atoms with Gasteiger partial charge >= 0.3 is 0 Å². The molecule has 20 heavy (non-hydrogen) atoms. The molecule has 0 saturated heterocycles. The molecule has 1 aliphatic carbocycles. The fraction of sp³-hybridized carbons (Fsp3) is 0.500. The number of nitrogens with one attached hydrogen (secondary N) is 1. The number of carbonyl (C=O) groups is 1. The molecule has 1 unspecified atom stereocenters. The van der Waals surface area contributed by atoms with Gasteiger partial charge in [0.1, 0.15) is 22.4 Å². The predicted molar refractivity (Wildman–Crippen MR) is 78.7 cm³/mol. The van der Waals surface area contributed by atoms with E-state index >= 15 is 0 Å². The van der Waals surface area contributed by atoms with Gasteiger partial charge in [0.05, 0.1) is 19.1 Å². The lowest BCUT2D eigenvalue weighted by Crippen LogP contribution is -2.35. The number of alkyl halides is 2. The Labute approximate surface area is 128 Å². The summed E-state index contributed by atoms with van der Waals surface area (Å²) in [6.07, 6.45) is 0.480. The fourth-order valence-electron chi connectivity index (χ4n) is 1.85. The first-order chi connectivity index (χ1) is 9.39. The maximum Gasteiger partial charge on any atom is 0.229 e. The van der Waals surface area contributed by atoms with Crippen molar-refractivity contribution in [3.8, 4) is 11.5 Å². The first-order valence-electron chi connectivity index (χ1n) is 6.32. The number of ether oxygens (including phenoxy) is 2. The van der Waals surface area contributed by atoms with E-state index in [0.29, 0.717) is 19.6 Å². The Bertz CT molecular complexity index is 490. The molecule has 1 aliphatic rings. The van der Waals surface area contributed by atoms with Gasteiger partial charge in [-0.15, -0.1) is 23.2 Å². The van der Waals surface area contributed by atoms with E-state index in [4.69, 9.17) is 32.7 Å². The summed E-state index contributed by atoms with van der Waals surface area (Å²) in [5.74, 6) is 1.36. The lowest BCUT2D eigenvalue weighted by molar-refractivity contribution is -0.125. The van der Waals surface area contributed by atoms with Crippen LogP contribution < -0.4 is 14.8 Å². The summed E-state index contributed by atoms with van der Waals surface area (Å²) in [6, 6.07) is 7.25.